The lowest BCUT2D eigenvalue weighted by atomic mass is 9.97. The molecule has 0 aliphatic carbocycles. The van der Waals surface area contributed by atoms with Crippen LogP contribution in [0.2, 0.25) is 0 Å². The van der Waals surface area contributed by atoms with Crippen molar-refractivity contribution in [3.63, 3.8) is 0 Å². The first-order chi connectivity index (χ1) is 12.7. The van der Waals surface area contributed by atoms with E-state index in [2.05, 4.69) is 57.8 Å². The molecule has 1 aliphatic rings. The van der Waals surface area contributed by atoms with Gasteiger partial charge in [0.05, 0.1) is 6.04 Å². The number of amides is 2. The van der Waals surface area contributed by atoms with Crippen molar-refractivity contribution in [1.82, 2.24) is 15.5 Å². The Morgan fingerprint density at radius 1 is 1.19 bits per heavy atom. The van der Waals surface area contributed by atoms with E-state index in [1.807, 2.05) is 5.38 Å². The van der Waals surface area contributed by atoms with E-state index in [0.717, 1.165) is 19.5 Å². The number of hydrogen-bond donors (Lipinski definition) is 2. The van der Waals surface area contributed by atoms with Gasteiger partial charge in [0.1, 0.15) is 0 Å². The summed E-state index contributed by atoms with van der Waals surface area (Å²) >= 11 is 1.64. The summed E-state index contributed by atoms with van der Waals surface area (Å²) in [5, 5.41) is 9.43. The molecule has 0 bridgehead atoms. The molecule has 0 fully saturated rings. The van der Waals surface area contributed by atoms with Gasteiger partial charge in [-0.3, -0.25) is 14.5 Å². The third-order valence-electron chi connectivity index (χ3n) is 4.60. The van der Waals surface area contributed by atoms with Crippen LogP contribution in [0.5, 0.6) is 0 Å². The molecule has 5 nitrogen and oxygen atoms in total. The zero-order chi connectivity index (χ0) is 18.4. The SMILES string of the molecule is C=CCNC(=O)C(=O)NCC(c1ccsc1)N1CCc2ccccc2C1. The standard InChI is InChI=1S/C20H23N3O2S/c1-2-9-21-19(24)20(25)22-12-18(17-8-11-26-14-17)23-10-7-15-5-3-4-6-16(15)13-23/h2-6,8,11,14,18H,1,7,9-10,12-13H2,(H,21,24)(H,22,25). The minimum atomic E-state index is -0.627. The molecule has 2 heterocycles. The van der Waals surface area contributed by atoms with Gasteiger partial charge < -0.3 is 10.6 Å². The second kappa shape index (κ2) is 8.78. The Morgan fingerprint density at radius 3 is 2.69 bits per heavy atom. The highest BCUT2D eigenvalue weighted by Crippen LogP contribution is 2.28. The molecule has 6 heteroatoms. The van der Waals surface area contributed by atoms with Gasteiger partial charge in [-0.05, 0) is 39.9 Å². The highest BCUT2D eigenvalue weighted by molar-refractivity contribution is 7.08. The van der Waals surface area contributed by atoms with Crippen molar-refractivity contribution >= 4 is 23.2 Å². The van der Waals surface area contributed by atoms with Crippen LogP contribution in [0.4, 0.5) is 0 Å². The predicted molar refractivity (Wildman–Crippen MR) is 104 cm³/mol. The lowest BCUT2D eigenvalue weighted by Gasteiger charge is -2.35. The quantitative estimate of drug-likeness (QED) is 0.607. The first kappa shape index (κ1) is 18.4. The molecule has 2 amide bonds. The zero-order valence-corrected chi connectivity index (χ0v) is 15.4. The number of nitrogens with zero attached hydrogens (tertiary/aromatic N) is 1. The van der Waals surface area contributed by atoms with Gasteiger partial charge in [-0.15, -0.1) is 6.58 Å². The third-order valence-corrected chi connectivity index (χ3v) is 5.30. The van der Waals surface area contributed by atoms with Crippen LogP contribution in [0, 0.1) is 0 Å². The van der Waals surface area contributed by atoms with Crippen LogP contribution in [0.3, 0.4) is 0 Å². The first-order valence-electron chi connectivity index (χ1n) is 8.69. The molecule has 0 saturated carbocycles. The van der Waals surface area contributed by atoms with Crippen LogP contribution in [0.1, 0.15) is 22.7 Å². The molecule has 1 aliphatic heterocycles. The number of carbonyl (C=O) groups is 2. The van der Waals surface area contributed by atoms with Crippen LogP contribution in [0.25, 0.3) is 0 Å². The fourth-order valence-corrected chi connectivity index (χ4v) is 3.93. The zero-order valence-electron chi connectivity index (χ0n) is 14.6. The average Bonchev–Trinajstić information content (AvgIpc) is 3.20. The Labute approximate surface area is 157 Å². The summed E-state index contributed by atoms with van der Waals surface area (Å²) in [7, 11) is 0. The Bertz CT molecular complexity index is 773. The van der Waals surface area contributed by atoms with Crippen molar-refractivity contribution < 1.29 is 9.59 Å². The van der Waals surface area contributed by atoms with Gasteiger partial charge in [0.25, 0.3) is 0 Å². The van der Waals surface area contributed by atoms with Gasteiger partial charge in [0.2, 0.25) is 0 Å². The van der Waals surface area contributed by atoms with Crippen molar-refractivity contribution in [1.29, 1.82) is 0 Å². The number of nitrogens with one attached hydrogen (secondary N) is 2. The maximum Gasteiger partial charge on any atom is 0.309 e. The lowest BCUT2D eigenvalue weighted by Crippen LogP contribution is -2.45. The number of carbonyl (C=O) groups excluding carboxylic acids is 2. The first-order valence-corrected chi connectivity index (χ1v) is 9.63. The van der Waals surface area contributed by atoms with Crippen molar-refractivity contribution in [3.05, 3.63) is 70.4 Å². The molecule has 2 N–H and O–H groups in total. The summed E-state index contributed by atoms with van der Waals surface area (Å²) < 4.78 is 0. The maximum absolute atomic E-state index is 12.0. The van der Waals surface area contributed by atoms with Crippen LogP contribution in [-0.4, -0.2) is 36.3 Å². The van der Waals surface area contributed by atoms with E-state index in [9.17, 15) is 9.59 Å². The minimum absolute atomic E-state index is 0.0470. The highest BCUT2D eigenvalue weighted by atomic mass is 32.1. The fraction of sp³-hybridized carbons (Fsp3) is 0.300. The van der Waals surface area contributed by atoms with Crippen molar-refractivity contribution in [2.75, 3.05) is 19.6 Å². The largest absolute Gasteiger partial charge is 0.346 e. The van der Waals surface area contributed by atoms with Gasteiger partial charge in [0, 0.05) is 26.2 Å². The van der Waals surface area contributed by atoms with Gasteiger partial charge in [-0.1, -0.05) is 30.3 Å². The molecule has 1 aromatic carbocycles. The third kappa shape index (κ3) is 4.39. The second-order valence-electron chi connectivity index (χ2n) is 6.27. The van der Waals surface area contributed by atoms with E-state index >= 15 is 0 Å². The van der Waals surface area contributed by atoms with E-state index in [0.29, 0.717) is 6.54 Å². The predicted octanol–water partition coefficient (Wildman–Crippen LogP) is 2.27. The Balaban J connectivity index is 1.68. The summed E-state index contributed by atoms with van der Waals surface area (Å²) in [5.74, 6) is -1.23. The van der Waals surface area contributed by atoms with Crippen LogP contribution < -0.4 is 10.6 Å². The molecule has 0 saturated heterocycles. The Hall–Kier alpha value is -2.44. The van der Waals surface area contributed by atoms with Crippen LogP contribution in [-0.2, 0) is 22.6 Å². The van der Waals surface area contributed by atoms with Gasteiger partial charge in [0.15, 0.2) is 0 Å². The number of thiophene rings is 1. The molecule has 26 heavy (non-hydrogen) atoms. The molecule has 3 rings (SSSR count). The molecule has 0 radical (unpaired) electrons. The van der Waals surface area contributed by atoms with Crippen LogP contribution in [0.15, 0.2) is 53.7 Å². The summed E-state index contributed by atoms with van der Waals surface area (Å²) in [4.78, 5) is 26.2. The van der Waals surface area contributed by atoms with Crippen molar-refractivity contribution in [2.45, 2.75) is 19.0 Å². The lowest BCUT2D eigenvalue weighted by molar-refractivity contribution is -0.139. The number of hydrogen-bond acceptors (Lipinski definition) is 4. The molecular formula is C20H23N3O2S. The second-order valence-corrected chi connectivity index (χ2v) is 7.05. The summed E-state index contributed by atoms with van der Waals surface area (Å²) in [6.45, 7) is 5.98. The van der Waals surface area contributed by atoms with Crippen LogP contribution >= 0.6 is 11.3 Å². The molecule has 0 spiro atoms. The van der Waals surface area contributed by atoms with Crippen molar-refractivity contribution in [2.24, 2.45) is 0 Å². The van der Waals surface area contributed by atoms with E-state index in [1.165, 1.54) is 16.7 Å². The number of benzene rings is 1. The minimum Gasteiger partial charge on any atom is -0.346 e. The van der Waals surface area contributed by atoms with Gasteiger partial charge >= 0.3 is 11.8 Å². The number of rotatable bonds is 6. The molecule has 1 aromatic heterocycles. The smallest absolute Gasteiger partial charge is 0.309 e. The molecule has 2 aromatic rings. The highest BCUT2D eigenvalue weighted by Gasteiger charge is 2.26. The van der Waals surface area contributed by atoms with E-state index in [1.54, 1.807) is 17.4 Å². The normalized spacial score (nSPS) is 14.9. The van der Waals surface area contributed by atoms with Gasteiger partial charge in [-0.25, -0.2) is 0 Å². The Kier molecular flexibility index (Phi) is 6.20. The molecule has 136 valence electrons. The fourth-order valence-electron chi connectivity index (χ4n) is 3.22. The Morgan fingerprint density at radius 2 is 1.96 bits per heavy atom. The summed E-state index contributed by atoms with van der Waals surface area (Å²) in [5.41, 5.74) is 3.89. The van der Waals surface area contributed by atoms with Gasteiger partial charge in [-0.2, -0.15) is 11.3 Å². The average molecular weight is 369 g/mol. The molecule has 1 unspecified atom stereocenters. The molecular weight excluding hydrogens is 346 g/mol. The summed E-state index contributed by atoms with van der Waals surface area (Å²) in [6, 6.07) is 10.6. The maximum atomic E-state index is 12.0. The number of fused-ring (bicyclic) bond motifs is 1. The summed E-state index contributed by atoms with van der Waals surface area (Å²) in [6.07, 6.45) is 2.54. The molecule has 1 atom stereocenters. The van der Waals surface area contributed by atoms with E-state index in [-0.39, 0.29) is 12.6 Å². The van der Waals surface area contributed by atoms with E-state index < -0.39 is 11.8 Å². The monoisotopic (exact) mass is 369 g/mol. The topological polar surface area (TPSA) is 61.4 Å². The van der Waals surface area contributed by atoms with E-state index in [4.69, 9.17) is 0 Å². The van der Waals surface area contributed by atoms with Crippen molar-refractivity contribution in [3.8, 4) is 0 Å².